The van der Waals surface area contributed by atoms with Crippen LogP contribution in [0, 0.1) is 5.82 Å². The lowest BCUT2D eigenvalue weighted by atomic mass is 9.80. The highest BCUT2D eigenvalue weighted by Crippen LogP contribution is 2.34. The molecule has 0 fully saturated rings. The van der Waals surface area contributed by atoms with Crippen LogP contribution in [0.2, 0.25) is 0 Å². The minimum absolute atomic E-state index is 0.201. The van der Waals surface area contributed by atoms with Gasteiger partial charge < -0.3 is 5.73 Å². The monoisotopic (exact) mass is 199 g/mol. The average molecular weight is 199 g/mol. The molecule has 14 heavy (non-hydrogen) atoms. The van der Waals surface area contributed by atoms with Crippen LogP contribution in [-0.4, -0.2) is 5.67 Å². The molecule has 0 unspecified atom stereocenters. The van der Waals surface area contributed by atoms with Gasteiger partial charge >= 0.3 is 0 Å². The van der Waals surface area contributed by atoms with Gasteiger partial charge in [-0.3, -0.25) is 0 Å². The van der Waals surface area contributed by atoms with Crippen LogP contribution in [0.5, 0.6) is 0 Å². The lowest BCUT2D eigenvalue weighted by molar-refractivity contribution is 0.102. The first-order valence-corrected chi connectivity index (χ1v) is 4.49. The second kappa shape index (κ2) is 3.31. The third kappa shape index (κ3) is 1.77. The number of nitrogens with two attached hydrogens (primary N) is 1. The molecule has 0 aliphatic heterocycles. The van der Waals surface area contributed by atoms with Crippen LogP contribution < -0.4 is 5.73 Å². The van der Waals surface area contributed by atoms with E-state index in [1.54, 1.807) is 12.1 Å². The molecule has 2 N–H and O–H groups in total. The molecule has 0 aliphatic rings. The Morgan fingerprint density at radius 3 is 2.07 bits per heavy atom. The van der Waals surface area contributed by atoms with Gasteiger partial charge in [0.25, 0.3) is 0 Å². The van der Waals surface area contributed by atoms with E-state index < -0.39 is 17.0 Å². The molecule has 0 radical (unpaired) electrons. The van der Waals surface area contributed by atoms with Crippen LogP contribution in [-0.2, 0) is 5.54 Å². The lowest BCUT2D eigenvalue weighted by Gasteiger charge is -2.35. The average Bonchev–Trinajstić information content (AvgIpc) is 2.02. The fourth-order valence-electron chi connectivity index (χ4n) is 1.20. The fourth-order valence-corrected chi connectivity index (χ4v) is 1.20. The molecular weight excluding hydrogens is 184 g/mol. The zero-order valence-corrected chi connectivity index (χ0v) is 8.64. The summed E-state index contributed by atoms with van der Waals surface area (Å²) in [6, 6.07) is 6.00. The minimum Gasteiger partial charge on any atom is -0.319 e. The molecule has 3 heteroatoms. The maximum Gasteiger partial charge on any atom is 0.128 e. The highest BCUT2D eigenvalue weighted by atomic mass is 19.1. The van der Waals surface area contributed by atoms with E-state index in [1.807, 2.05) is 0 Å². The quantitative estimate of drug-likeness (QED) is 0.778. The van der Waals surface area contributed by atoms with Gasteiger partial charge in [0, 0.05) is 5.56 Å². The van der Waals surface area contributed by atoms with Crippen molar-refractivity contribution in [1.29, 1.82) is 0 Å². The smallest absolute Gasteiger partial charge is 0.128 e. The number of alkyl halides is 1. The topological polar surface area (TPSA) is 26.0 Å². The van der Waals surface area contributed by atoms with Crippen LogP contribution in [0.1, 0.15) is 26.3 Å². The summed E-state index contributed by atoms with van der Waals surface area (Å²) >= 11 is 0. The molecule has 1 atom stereocenters. The molecule has 0 saturated carbocycles. The van der Waals surface area contributed by atoms with E-state index in [1.165, 1.54) is 32.9 Å². The zero-order chi connectivity index (χ0) is 11.0. The molecule has 0 bridgehead atoms. The van der Waals surface area contributed by atoms with Gasteiger partial charge in [0.05, 0.1) is 5.54 Å². The Labute approximate surface area is 82.9 Å². The Morgan fingerprint density at radius 1 is 1.14 bits per heavy atom. The van der Waals surface area contributed by atoms with Crippen LogP contribution in [0.25, 0.3) is 0 Å². The molecule has 78 valence electrons. The van der Waals surface area contributed by atoms with Crippen LogP contribution in [0.4, 0.5) is 8.78 Å². The van der Waals surface area contributed by atoms with E-state index in [0.29, 0.717) is 0 Å². The molecule has 0 aromatic heterocycles. The van der Waals surface area contributed by atoms with Gasteiger partial charge in [-0.05, 0) is 26.8 Å². The Bertz CT molecular complexity index is 326. The largest absolute Gasteiger partial charge is 0.319 e. The summed E-state index contributed by atoms with van der Waals surface area (Å²) in [5, 5.41) is 0. The molecule has 0 spiro atoms. The highest BCUT2D eigenvalue weighted by molar-refractivity contribution is 5.28. The van der Waals surface area contributed by atoms with Gasteiger partial charge in [-0.25, -0.2) is 8.78 Å². The SMILES string of the molecule is CC(C)(F)[C@](C)(N)c1ccccc1F. The molecule has 0 heterocycles. The van der Waals surface area contributed by atoms with Crippen molar-refractivity contribution in [2.24, 2.45) is 5.73 Å². The number of benzene rings is 1. The number of rotatable bonds is 2. The summed E-state index contributed by atoms with van der Waals surface area (Å²) in [5.74, 6) is -0.469. The predicted molar refractivity (Wildman–Crippen MR) is 53.1 cm³/mol. The summed E-state index contributed by atoms with van der Waals surface area (Å²) in [5.41, 5.74) is 3.01. The maximum atomic E-state index is 13.7. The number of hydrogen-bond acceptors (Lipinski definition) is 1. The molecule has 1 nitrogen and oxygen atoms in total. The highest BCUT2D eigenvalue weighted by Gasteiger charge is 2.40. The normalized spacial score (nSPS) is 16.4. The Morgan fingerprint density at radius 2 is 1.64 bits per heavy atom. The van der Waals surface area contributed by atoms with E-state index in [4.69, 9.17) is 5.73 Å². The molecule has 1 aromatic carbocycles. The van der Waals surface area contributed by atoms with Gasteiger partial charge in [-0.2, -0.15) is 0 Å². The second-order valence-corrected chi connectivity index (χ2v) is 4.15. The van der Waals surface area contributed by atoms with E-state index in [2.05, 4.69) is 0 Å². The van der Waals surface area contributed by atoms with Crippen LogP contribution >= 0.6 is 0 Å². The van der Waals surface area contributed by atoms with Crippen molar-refractivity contribution in [3.63, 3.8) is 0 Å². The van der Waals surface area contributed by atoms with E-state index in [-0.39, 0.29) is 5.56 Å². The van der Waals surface area contributed by atoms with E-state index in [9.17, 15) is 8.78 Å². The molecule has 0 aliphatic carbocycles. The third-order valence-electron chi connectivity index (χ3n) is 2.67. The summed E-state index contributed by atoms with van der Waals surface area (Å²) < 4.78 is 27.1. The maximum absolute atomic E-state index is 13.7. The summed E-state index contributed by atoms with van der Waals surface area (Å²) in [7, 11) is 0. The van der Waals surface area contributed by atoms with Gasteiger partial charge in [0.2, 0.25) is 0 Å². The molecule has 0 saturated heterocycles. The third-order valence-corrected chi connectivity index (χ3v) is 2.67. The molecule has 1 aromatic rings. The first-order chi connectivity index (χ1) is 6.27. The van der Waals surface area contributed by atoms with Crippen molar-refractivity contribution in [1.82, 2.24) is 0 Å². The Kier molecular flexibility index (Phi) is 2.63. The summed E-state index contributed by atoms with van der Waals surface area (Å²) in [6.07, 6.45) is 0. The fraction of sp³-hybridized carbons (Fsp3) is 0.455. The standard InChI is InChI=1S/C11H15F2N/c1-10(2,13)11(3,14)8-6-4-5-7-9(8)12/h4-7H,14H2,1-3H3/t11-/m1/s1. The lowest BCUT2D eigenvalue weighted by Crippen LogP contribution is -2.49. The van der Waals surface area contributed by atoms with Gasteiger partial charge in [0.15, 0.2) is 0 Å². The Hall–Kier alpha value is -0.960. The Balaban J connectivity index is 3.23. The summed E-state index contributed by atoms with van der Waals surface area (Å²) in [6.45, 7) is 4.18. The van der Waals surface area contributed by atoms with Crippen molar-refractivity contribution in [2.45, 2.75) is 32.0 Å². The van der Waals surface area contributed by atoms with Gasteiger partial charge in [0.1, 0.15) is 11.5 Å². The van der Waals surface area contributed by atoms with Crippen LogP contribution in [0.3, 0.4) is 0 Å². The molecule has 1 rings (SSSR count). The minimum atomic E-state index is -1.67. The number of hydrogen-bond donors (Lipinski definition) is 1. The zero-order valence-electron chi connectivity index (χ0n) is 8.64. The van der Waals surface area contributed by atoms with Crippen LogP contribution in [0.15, 0.2) is 24.3 Å². The van der Waals surface area contributed by atoms with E-state index >= 15 is 0 Å². The predicted octanol–water partition coefficient (Wildman–Crippen LogP) is 2.75. The molecule has 0 amide bonds. The molecular formula is C11H15F2N. The van der Waals surface area contributed by atoms with E-state index in [0.717, 1.165) is 0 Å². The van der Waals surface area contributed by atoms with Crippen molar-refractivity contribution in [3.05, 3.63) is 35.6 Å². The summed E-state index contributed by atoms with van der Waals surface area (Å²) in [4.78, 5) is 0. The van der Waals surface area contributed by atoms with Crippen molar-refractivity contribution >= 4 is 0 Å². The van der Waals surface area contributed by atoms with Gasteiger partial charge in [-0.1, -0.05) is 18.2 Å². The second-order valence-electron chi connectivity index (χ2n) is 4.15. The first kappa shape index (κ1) is 11.1. The van der Waals surface area contributed by atoms with Crippen molar-refractivity contribution in [3.8, 4) is 0 Å². The van der Waals surface area contributed by atoms with Crippen molar-refractivity contribution < 1.29 is 8.78 Å². The van der Waals surface area contributed by atoms with Gasteiger partial charge in [-0.15, -0.1) is 0 Å². The number of halogens is 2. The van der Waals surface area contributed by atoms with Crippen molar-refractivity contribution in [2.75, 3.05) is 0 Å². The first-order valence-electron chi connectivity index (χ1n) is 4.49.